The minimum atomic E-state index is -0.197. The zero-order chi connectivity index (χ0) is 17.4. The number of aryl methyl sites for hydroxylation is 2. The Balaban J connectivity index is 1.70. The Labute approximate surface area is 146 Å². The molecule has 2 heterocycles. The zero-order valence-corrected chi connectivity index (χ0v) is 14.3. The molecule has 3 aromatic rings. The van der Waals surface area contributed by atoms with Crippen LogP contribution < -0.4 is 5.32 Å². The molecule has 5 heteroatoms. The molecule has 0 aliphatic heterocycles. The van der Waals surface area contributed by atoms with Crippen LogP contribution >= 0.6 is 0 Å². The number of hydrogen-bond donors (Lipinski definition) is 1. The van der Waals surface area contributed by atoms with E-state index in [4.69, 9.17) is 0 Å². The summed E-state index contributed by atoms with van der Waals surface area (Å²) in [6.45, 7) is 3.97. The summed E-state index contributed by atoms with van der Waals surface area (Å²) in [6, 6.07) is 10.8. The molecule has 1 aromatic carbocycles. The number of nitrogens with zero attached hydrogens (tertiary/aromatic N) is 3. The first-order chi connectivity index (χ1) is 12.1. The van der Waals surface area contributed by atoms with Gasteiger partial charge in [-0.3, -0.25) is 4.98 Å². The summed E-state index contributed by atoms with van der Waals surface area (Å²) in [5.74, 6) is 1.19. The molecule has 1 unspecified atom stereocenters. The highest BCUT2D eigenvalue weighted by atomic mass is 19.1. The first-order valence-electron chi connectivity index (χ1n) is 8.43. The van der Waals surface area contributed by atoms with E-state index in [2.05, 4.69) is 20.3 Å². The Hall–Kier alpha value is -2.82. The average Bonchev–Trinajstić information content (AvgIpc) is 3.01. The lowest BCUT2D eigenvalue weighted by Gasteiger charge is -2.18. The minimum absolute atomic E-state index is 0.0651. The third-order valence-electron chi connectivity index (χ3n) is 4.78. The monoisotopic (exact) mass is 334 g/mol. The van der Waals surface area contributed by atoms with Crippen molar-refractivity contribution in [3.63, 3.8) is 0 Å². The van der Waals surface area contributed by atoms with Crippen LogP contribution in [0.1, 0.15) is 34.8 Å². The Morgan fingerprint density at radius 1 is 1.12 bits per heavy atom. The molecule has 1 atom stereocenters. The predicted molar refractivity (Wildman–Crippen MR) is 95.8 cm³/mol. The van der Waals surface area contributed by atoms with Crippen molar-refractivity contribution >= 4 is 5.82 Å². The standard InChI is InChI=1S/C20H19FN4/c1-12-13(2)23-20(18-5-3-4-10-22-18)25-19(12)24-17-9-7-14-6-8-15(21)11-16(14)17/h3-6,8,10-11,17H,7,9H2,1-2H3,(H,23,24,25). The molecule has 1 aliphatic rings. The number of rotatable bonds is 3. The van der Waals surface area contributed by atoms with E-state index in [-0.39, 0.29) is 11.9 Å². The molecule has 0 saturated carbocycles. The molecule has 25 heavy (non-hydrogen) atoms. The number of benzene rings is 1. The second-order valence-corrected chi connectivity index (χ2v) is 6.40. The van der Waals surface area contributed by atoms with Crippen molar-refractivity contribution < 1.29 is 4.39 Å². The maximum atomic E-state index is 13.6. The van der Waals surface area contributed by atoms with Crippen molar-refractivity contribution in [2.24, 2.45) is 0 Å². The molecule has 0 spiro atoms. The minimum Gasteiger partial charge on any atom is -0.363 e. The topological polar surface area (TPSA) is 50.7 Å². The number of pyridine rings is 1. The molecular weight excluding hydrogens is 315 g/mol. The largest absolute Gasteiger partial charge is 0.363 e. The number of aromatic nitrogens is 3. The van der Waals surface area contributed by atoms with Crippen LogP contribution in [0.3, 0.4) is 0 Å². The average molecular weight is 334 g/mol. The van der Waals surface area contributed by atoms with Crippen LogP contribution in [-0.4, -0.2) is 15.0 Å². The number of hydrogen-bond acceptors (Lipinski definition) is 4. The summed E-state index contributed by atoms with van der Waals surface area (Å²) in [7, 11) is 0. The van der Waals surface area contributed by atoms with Gasteiger partial charge in [-0.25, -0.2) is 14.4 Å². The van der Waals surface area contributed by atoms with Crippen LogP contribution in [0, 0.1) is 19.7 Å². The third kappa shape index (κ3) is 2.97. The van der Waals surface area contributed by atoms with Gasteiger partial charge in [0, 0.05) is 17.5 Å². The van der Waals surface area contributed by atoms with Gasteiger partial charge < -0.3 is 5.32 Å². The second kappa shape index (κ2) is 6.24. The summed E-state index contributed by atoms with van der Waals surface area (Å²) in [6.07, 6.45) is 3.61. The molecule has 2 aromatic heterocycles. The van der Waals surface area contributed by atoms with Crippen molar-refractivity contribution in [2.45, 2.75) is 32.7 Å². The molecule has 0 radical (unpaired) electrons. The van der Waals surface area contributed by atoms with E-state index in [0.29, 0.717) is 5.82 Å². The number of halogens is 1. The maximum absolute atomic E-state index is 13.6. The van der Waals surface area contributed by atoms with Crippen molar-refractivity contribution in [1.82, 2.24) is 15.0 Å². The third-order valence-corrected chi connectivity index (χ3v) is 4.78. The van der Waals surface area contributed by atoms with Crippen LogP contribution in [0.5, 0.6) is 0 Å². The van der Waals surface area contributed by atoms with Crippen molar-refractivity contribution in [3.8, 4) is 11.5 Å². The van der Waals surface area contributed by atoms with E-state index < -0.39 is 0 Å². The molecule has 0 amide bonds. The summed E-state index contributed by atoms with van der Waals surface area (Å²) in [4.78, 5) is 13.6. The highest BCUT2D eigenvalue weighted by molar-refractivity contribution is 5.57. The van der Waals surface area contributed by atoms with Crippen molar-refractivity contribution in [2.75, 3.05) is 5.32 Å². The lowest BCUT2D eigenvalue weighted by Crippen LogP contribution is -2.12. The normalized spacial score (nSPS) is 15.9. The fourth-order valence-corrected chi connectivity index (χ4v) is 3.27. The number of nitrogens with one attached hydrogen (secondary N) is 1. The van der Waals surface area contributed by atoms with Crippen LogP contribution in [0.25, 0.3) is 11.5 Å². The zero-order valence-electron chi connectivity index (χ0n) is 14.3. The van der Waals surface area contributed by atoms with Gasteiger partial charge in [0.05, 0.1) is 6.04 Å². The van der Waals surface area contributed by atoms with Crippen LogP contribution in [0.4, 0.5) is 10.2 Å². The fraction of sp³-hybridized carbons (Fsp3) is 0.250. The van der Waals surface area contributed by atoms with Gasteiger partial charge in [0.2, 0.25) is 0 Å². The van der Waals surface area contributed by atoms with Gasteiger partial charge in [-0.15, -0.1) is 0 Å². The molecule has 1 N–H and O–H groups in total. The molecule has 4 rings (SSSR count). The van der Waals surface area contributed by atoms with Gasteiger partial charge in [0.15, 0.2) is 5.82 Å². The van der Waals surface area contributed by atoms with Crippen molar-refractivity contribution in [3.05, 3.63) is 70.8 Å². The Bertz CT molecular complexity index is 924. The predicted octanol–water partition coefficient (Wildman–Crippen LogP) is 4.39. The van der Waals surface area contributed by atoms with Gasteiger partial charge in [-0.05, 0) is 62.1 Å². The van der Waals surface area contributed by atoms with Crippen molar-refractivity contribution in [1.29, 1.82) is 0 Å². The van der Waals surface area contributed by atoms with Crippen LogP contribution in [-0.2, 0) is 6.42 Å². The first kappa shape index (κ1) is 15.7. The molecular formula is C20H19FN4. The highest BCUT2D eigenvalue weighted by Crippen LogP contribution is 2.35. The summed E-state index contributed by atoms with van der Waals surface area (Å²) in [5.41, 5.74) is 4.88. The molecule has 0 bridgehead atoms. The van der Waals surface area contributed by atoms with Crippen LogP contribution in [0.15, 0.2) is 42.6 Å². The SMILES string of the molecule is Cc1nc(-c2ccccn2)nc(NC2CCc3ccc(F)cc32)c1C. The molecule has 4 nitrogen and oxygen atoms in total. The van der Waals surface area contributed by atoms with E-state index >= 15 is 0 Å². The summed E-state index contributed by atoms with van der Waals surface area (Å²) < 4.78 is 13.6. The molecule has 1 aliphatic carbocycles. The smallest absolute Gasteiger partial charge is 0.180 e. The van der Waals surface area contributed by atoms with E-state index in [1.165, 1.54) is 11.6 Å². The van der Waals surface area contributed by atoms with E-state index in [9.17, 15) is 4.39 Å². The maximum Gasteiger partial charge on any atom is 0.180 e. The summed E-state index contributed by atoms with van der Waals surface area (Å²) in [5, 5.41) is 3.50. The summed E-state index contributed by atoms with van der Waals surface area (Å²) >= 11 is 0. The highest BCUT2D eigenvalue weighted by Gasteiger charge is 2.24. The van der Waals surface area contributed by atoms with E-state index in [0.717, 1.165) is 41.2 Å². The van der Waals surface area contributed by atoms with Gasteiger partial charge in [0.1, 0.15) is 17.3 Å². The molecule has 126 valence electrons. The Morgan fingerprint density at radius 2 is 2.00 bits per heavy atom. The van der Waals surface area contributed by atoms with Crippen LogP contribution in [0.2, 0.25) is 0 Å². The number of anilines is 1. The van der Waals surface area contributed by atoms with E-state index in [1.807, 2.05) is 38.1 Å². The molecule has 0 fully saturated rings. The lowest BCUT2D eigenvalue weighted by atomic mass is 10.1. The van der Waals surface area contributed by atoms with Gasteiger partial charge in [-0.1, -0.05) is 12.1 Å². The lowest BCUT2D eigenvalue weighted by molar-refractivity contribution is 0.623. The fourth-order valence-electron chi connectivity index (χ4n) is 3.27. The van der Waals surface area contributed by atoms with Gasteiger partial charge >= 0.3 is 0 Å². The van der Waals surface area contributed by atoms with Gasteiger partial charge in [0.25, 0.3) is 0 Å². The van der Waals surface area contributed by atoms with E-state index in [1.54, 1.807) is 12.3 Å². The second-order valence-electron chi connectivity index (χ2n) is 6.40. The molecule has 0 saturated heterocycles. The Kier molecular flexibility index (Phi) is 3.92. The quantitative estimate of drug-likeness (QED) is 0.771. The Morgan fingerprint density at radius 3 is 2.80 bits per heavy atom. The number of fused-ring (bicyclic) bond motifs is 1. The van der Waals surface area contributed by atoms with Gasteiger partial charge in [-0.2, -0.15) is 0 Å². The first-order valence-corrected chi connectivity index (χ1v) is 8.43.